The van der Waals surface area contributed by atoms with Crippen LogP contribution < -0.4 is 10.2 Å². The van der Waals surface area contributed by atoms with E-state index in [1.54, 1.807) is 18.5 Å². The molecule has 2 aliphatic rings. The maximum atomic E-state index is 12.8. The predicted molar refractivity (Wildman–Crippen MR) is 103 cm³/mol. The minimum absolute atomic E-state index is 0.0359. The van der Waals surface area contributed by atoms with Gasteiger partial charge in [-0.1, -0.05) is 0 Å². The molecule has 2 aromatic rings. The van der Waals surface area contributed by atoms with Crippen LogP contribution in [-0.4, -0.2) is 53.9 Å². The van der Waals surface area contributed by atoms with Gasteiger partial charge in [0.15, 0.2) is 0 Å². The molecule has 1 N–H and O–H groups in total. The van der Waals surface area contributed by atoms with Crippen molar-refractivity contribution >= 4 is 17.8 Å². The molecule has 1 saturated heterocycles. The molecule has 2 aromatic heterocycles. The van der Waals surface area contributed by atoms with Gasteiger partial charge in [-0.05, 0) is 31.4 Å². The second kappa shape index (κ2) is 7.61. The Labute approximate surface area is 163 Å². The molecule has 1 aliphatic heterocycles. The number of furan rings is 1. The van der Waals surface area contributed by atoms with Gasteiger partial charge in [0, 0.05) is 45.2 Å². The SMILES string of the molecule is CN(C)c1ncc(C(=O)NCc2ccco2)c(C2CCN(C(=O)C3CC3)C2)n1. The second-order valence-corrected chi connectivity index (χ2v) is 7.67. The molecule has 2 amide bonds. The van der Waals surface area contributed by atoms with E-state index in [0.717, 1.165) is 25.8 Å². The Morgan fingerprint density at radius 1 is 1.32 bits per heavy atom. The van der Waals surface area contributed by atoms with E-state index < -0.39 is 0 Å². The topological polar surface area (TPSA) is 91.6 Å². The average Bonchev–Trinajstić information content (AvgIpc) is 3.20. The normalized spacial score (nSPS) is 18.9. The van der Waals surface area contributed by atoms with E-state index in [1.165, 1.54) is 0 Å². The highest BCUT2D eigenvalue weighted by Crippen LogP contribution is 2.35. The van der Waals surface area contributed by atoms with E-state index in [2.05, 4.69) is 15.3 Å². The molecular weight excluding hydrogens is 358 g/mol. The highest BCUT2D eigenvalue weighted by molar-refractivity contribution is 5.95. The van der Waals surface area contributed by atoms with Crippen LogP contribution in [0.5, 0.6) is 0 Å². The van der Waals surface area contributed by atoms with Gasteiger partial charge in [-0.15, -0.1) is 0 Å². The molecule has 3 heterocycles. The summed E-state index contributed by atoms with van der Waals surface area (Å²) < 4.78 is 5.27. The van der Waals surface area contributed by atoms with Crippen LogP contribution in [0.2, 0.25) is 0 Å². The largest absolute Gasteiger partial charge is 0.467 e. The molecular formula is C20H25N5O3. The summed E-state index contributed by atoms with van der Waals surface area (Å²) in [6.45, 7) is 1.63. The van der Waals surface area contributed by atoms with Crippen molar-refractivity contribution in [1.82, 2.24) is 20.2 Å². The lowest BCUT2D eigenvalue weighted by molar-refractivity contribution is -0.131. The van der Waals surface area contributed by atoms with E-state index in [9.17, 15) is 9.59 Å². The van der Waals surface area contributed by atoms with E-state index in [1.807, 2.05) is 30.0 Å². The molecule has 8 nitrogen and oxygen atoms in total. The first-order chi connectivity index (χ1) is 13.5. The lowest BCUT2D eigenvalue weighted by atomic mass is 9.99. The van der Waals surface area contributed by atoms with Crippen LogP contribution in [-0.2, 0) is 11.3 Å². The van der Waals surface area contributed by atoms with Gasteiger partial charge in [-0.2, -0.15) is 0 Å². The van der Waals surface area contributed by atoms with Crippen LogP contribution in [0.25, 0.3) is 0 Å². The number of nitrogens with zero attached hydrogens (tertiary/aromatic N) is 4. The third-order valence-corrected chi connectivity index (χ3v) is 5.27. The summed E-state index contributed by atoms with van der Waals surface area (Å²) in [7, 11) is 3.74. The Morgan fingerprint density at radius 2 is 2.14 bits per heavy atom. The third-order valence-electron chi connectivity index (χ3n) is 5.27. The maximum absolute atomic E-state index is 12.8. The number of anilines is 1. The van der Waals surface area contributed by atoms with Crippen molar-refractivity contribution in [3.63, 3.8) is 0 Å². The fraction of sp³-hybridized carbons (Fsp3) is 0.500. The van der Waals surface area contributed by atoms with Crippen LogP contribution in [0.1, 0.15) is 47.0 Å². The zero-order valence-corrected chi connectivity index (χ0v) is 16.2. The van der Waals surface area contributed by atoms with Gasteiger partial charge in [0.25, 0.3) is 5.91 Å². The van der Waals surface area contributed by atoms with E-state index in [4.69, 9.17) is 4.42 Å². The molecule has 1 unspecified atom stereocenters. The molecule has 0 aromatic carbocycles. The van der Waals surface area contributed by atoms with Gasteiger partial charge in [-0.3, -0.25) is 9.59 Å². The number of hydrogen-bond acceptors (Lipinski definition) is 6. The van der Waals surface area contributed by atoms with Crippen LogP contribution in [0.15, 0.2) is 29.0 Å². The summed E-state index contributed by atoms with van der Waals surface area (Å²) >= 11 is 0. The fourth-order valence-electron chi connectivity index (χ4n) is 3.53. The van der Waals surface area contributed by atoms with Crippen LogP contribution in [0.4, 0.5) is 5.95 Å². The standard InChI is InChI=1S/C20H25N5O3/c1-24(2)20-22-11-16(18(26)21-10-15-4-3-9-28-15)17(23-20)14-7-8-25(12-14)19(27)13-5-6-13/h3-4,9,11,13-14H,5-8,10,12H2,1-2H3,(H,21,26). The first kappa shape index (κ1) is 18.5. The summed E-state index contributed by atoms with van der Waals surface area (Å²) in [6.07, 6.45) is 5.96. The smallest absolute Gasteiger partial charge is 0.255 e. The Morgan fingerprint density at radius 3 is 2.82 bits per heavy atom. The average molecular weight is 383 g/mol. The summed E-state index contributed by atoms with van der Waals surface area (Å²) in [5.41, 5.74) is 1.17. The molecule has 0 bridgehead atoms. The van der Waals surface area contributed by atoms with Crippen molar-refractivity contribution in [2.24, 2.45) is 5.92 Å². The van der Waals surface area contributed by atoms with Gasteiger partial charge in [0.2, 0.25) is 11.9 Å². The van der Waals surface area contributed by atoms with Gasteiger partial charge in [0.1, 0.15) is 5.76 Å². The minimum Gasteiger partial charge on any atom is -0.467 e. The van der Waals surface area contributed by atoms with Crippen molar-refractivity contribution in [3.05, 3.63) is 41.6 Å². The molecule has 1 saturated carbocycles. The van der Waals surface area contributed by atoms with E-state index >= 15 is 0 Å². The van der Waals surface area contributed by atoms with E-state index in [0.29, 0.717) is 36.1 Å². The fourth-order valence-corrected chi connectivity index (χ4v) is 3.53. The number of carbonyl (C=O) groups excluding carboxylic acids is 2. The number of hydrogen-bond donors (Lipinski definition) is 1. The van der Waals surface area contributed by atoms with Gasteiger partial charge < -0.3 is 19.5 Å². The monoisotopic (exact) mass is 383 g/mol. The molecule has 2 fully saturated rings. The maximum Gasteiger partial charge on any atom is 0.255 e. The number of amides is 2. The zero-order chi connectivity index (χ0) is 19.7. The van der Waals surface area contributed by atoms with Crippen LogP contribution >= 0.6 is 0 Å². The Hall–Kier alpha value is -2.90. The van der Waals surface area contributed by atoms with Crippen molar-refractivity contribution in [2.45, 2.75) is 31.7 Å². The van der Waals surface area contributed by atoms with Crippen molar-refractivity contribution in [1.29, 1.82) is 0 Å². The highest BCUT2D eigenvalue weighted by Gasteiger charge is 2.38. The molecule has 148 valence electrons. The molecule has 4 rings (SSSR count). The molecule has 0 spiro atoms. The Balaban J connectivity index is 1.54. The van der Waals surface area contributed by atoms with Crippen molar-refractivity contribution in [2.75, 3.05) is 32.1 Å². The quantitative estimate of drug-likeness (QED) is 0.818. The van der Waals surface area contributed by atoms with Crippen molar-refractivity contribution in [3.8, 4) is 0 Å². The third kappa shape index (κ3) is 3.85. The highest BCUT2D eigenvalue weighted by atomic mass is 16.3. The lowest BCUT2D eigenvalue weighted by Gasteiger charge is -2.19. The second-order valence-electron chi connectivity index (χ2n) is 7.67. The number of nitrogens with one attached hydrogen (secondary N) is 1. The molecule has 8 heteroatoms. The van der Waals surface area contributed by atoms with Crippen molar-refractivity contribution < 1.29 is 14.0 Å². The first-order valence-electron chi connectivity index (χ1n) is 9.66. The predicted octanol–water partition coefficient (Wildman–Crippen LogP) is 1.79. The van der Waals surface area contributed by atoms with E-state index in [-0.39, 0.29) is 23.7 Å². The minimum atomic E-state index is -0.233. The van der Waals surface area contributed by atoms with Gasteiger partial charge in [0.05, 0.1) is 24.1 Å². The molecule has 1 aliphatic carbocycles. The van der Waals surface area contributed by atoms with Gasteiger partial charge in [-0.25, -0.2) is 9.97 Å². The first-order valence-corrected chi connectivity index (χ1v) is 9.66. The number of aromatic nitrogens is 2. The Kier molecular flexibility index (Phi) is 5.02. The summed E-state index contributed by atoms with van der Waals surface area (Å²) in [5.74, 6) is 1.50. The van der Waals surface area contributed by atoms with Crippen LogP contribution in [0.3, 0.4) is 0 Å². The molecule has 0 radical (unpaired) electrons. The number of likely N-dealkylation sites (tertiary alicyclic amines) is 1. The number of carbonyl (C=O) groups is 2. The Bertz CT molecular complexity index is 861. The molecule has 1 atom stereocenters. The summed E-state index contributed by atoms with van der Waals surface area (Å²) in [5, 5.41) is 2.87. The zero-order valence-electron chi connectivity index (χ0n) is 16.2. The lowest BCUT2D eigenvalue weighted by Crippen LogP contribution is -2.30. The number of rotatable bonds is 6. The summed E-state index contributed by atoms with van der Waals surface area (Å²) in [6, 6.07) is 3.59. The van der Waals surface area contributed by atoms with Crippen LogP contribution in [0, 0.1) is 5.92 Å². The summed E-state index contributed by atoms with van der Waals surface area (Å²) in [4.78, 5) is 37.9. The molecule has 28 heavy (non-hydrogen) atoms. The van der Waals surface area contributed by atoms with Gasteiger partial charge >= 0.3 is 0 Å².